The number of phenols is 1. The Labute approximate surface area is 126 Å². The van der Waals surface area contributed by atoms with Crippen molar-refractivity contribution in [2.24, 2.45) is 11.7 Å². The van der Waals surface area contributed by atoms with Crippen LogP contribution in [-0.2, 0) is 11.2 Å². The molecule has 0 aromatic heterocycles. The Bertz CT molecular complexity index is 461. The molecule has 1 aliphatic rings. The highest BCUT2D eigenvalue weighted by atomic mass is 16.3. The minimum atomic E-state index is -0.543. The van der Waals surface area contributed by atoms with E-state index in [2.05, 4.69) is 17.1 Å². The van der Waals surface area contributed by atoms with Gasteiger partial charge >= 0.3 is 0 Å². The third-order valence-electron chi connectivity index (χ3n) is 4.11. The van der Waals surface area contributed by atoms with Crippen molar-refractivity contribution in [1.29, 1.82) is 0 Å². The summed E-state index contributed by atoms with van der Waals surface area (Å²) in [7, 11) is 0. The Morgan fingerprint density at radius 1 is 1.48 bits per heavy atom. The van der Waals surface area contributed by atoms with Crippen LogP contribution in [0.4, 0.5) is 0 Å². The zero-order valence-electron chi connectivity index (χ0n) is 12.6. The molecule has 21 heavy (non-hydrogen) atoms. The third-order valence-corrected chi connectivity index (χ3v) is 4.11. The molecule has 4 N–H and O–H groups in total. The number of phenolic OH excluding ortho intramolecular Hbond substituents is 1. The third kappa shape index (κ3) is 4.72. The van der Waals surface area contributed by atoms with Crippen LogP contribution in [0.2, 0.25) is 0 Å². The highest BCUT2D eigenvalue weighted by molar-refractivity contribution is 5.81. The average Bonchev–Trinajstić information content (AvgIpc) is 2.95. The normalized spacial score (nSPS) is 20.4. The maximum atomic E-state index is 12.0. The van der Waals surface area contributed by atoms with Crippen LogP contribution >= 0.6 is 0 Å². The van der Waals surface area contributed by atoms with Crippen LogP contribution in [0.3, 0.4) is 0 Å². The van der Waals surface area contributed by atoms with E-state index in [-0.39, 0.29) is 11.7 Å². The Morgan fingerprint density at radius 3 is 2.81 bits per heavy atom. The molecule has 5 nitrogen and oxygen atoms in total. The molecule has 1 saturated heterocycles. The smallest absolute Gasteiger partial charge is 0.237 e. The van der Waals surface area contributed by atoms with Crippen LogP contribution in [0, 0.1) is 5.92 Å². The van der Waals surface area contributed by atoms with Crippen molar-refractivity contribution in [1.82, 2.24) is 10.2 Å². The molecule has 0 radical (unpaired) electrons. The molecule has 1 aromatic carbocycles. The summed E-state index contributed by atoms with van der Waals surface area (Å²) in [6, 6.07) is 6.26. The highest BCUT2D eigenvalue weighted by Gasteiger charge is 2.22. The Kier molecular flexibility index (Phi) is 5.59. The number of carbonyl (C=O) groups is 1. The largest absolute Gasteiger partial charge is 0.508 e. The van der Waals surface area contributed by atoms with Gasteiger partial charge in [0.2, 0.25) is 5.91 Å². The highest BCUT2D eigenvalue weighted by Crippen LogP contribution is 2.15. The minimum absolute atomic E-state index is 0.0991. The molecule has 2 rings (SSSR count). The van der Waals surface area contributed by atoms with Crippen molar-refractivity contribution in [3.8, 4) is 5.75 Å². The predicted octanol–water partition coefficient (Wildman–Crippen LogP) is 0.720. The number of nitrogens with zero attached hydrogens (tertiary/aromatic N) is 1. The van der Waals surface area contributed by atoms with E-state index in [0.717, 1.165) is 31.6 Å². The second-order valence-electron chi connectivity index (χ2n) is 5.77. The first-order valence-corrected chi connectivity index (χ1v) is 7.62. The fourth-order valence-electron chi connectivity index (χ4n) is 2.72. The number of rotatable bonds is 6. The van der Waals surface area contributed by atoms with Crippen molar-refractivity contribution in [3.63, 3.8) is 0 Å². The van der Waals surface area contributed by atoms with Crippen LogP contribution in [0.5, 0.6) is 5.75 Å². The molecular weight excluding hydrogens is 266 g/mol. The van der Waals surface area contributed by atoms with Crippen molar-refractivity contribution >= 4 is 5.91 Å². The Hall–Kier alpha value is -1.59. The topological polar surface area (TPSA) is 78.6 Å². The van der Waals surface area contributed by atoms with Gasteiger partial charge in [-0.25, -0.2) is 0 Å². The first-order chi connectivity index (χ1) is 10.1. The Morgan fingerprint density at radius 2 is 2.19 bits per heavy atom. The SMILES string of the molecule is CCN1CCC(CNC(=O)C(N)Cc2ccc(O)cc2)C1. The molecule has 2 unspecified atom stereocenters. The molecule has 1 aromatic rings. The van der Waals surface area contributed by atoms with Gasteiger partial charge in [-0.2, -0.15) is 0 Å². The minimum Gasteiger partial charge on any atom is -0.508 e. The van der Waals surface area contributed by atoms with Gasteiger partial charge in [0.15, 0.2) is 0 Å². The van der Waals surface area contributed by atoms with Crippen LogP contribution in [0.25, 0.3) is 0 Å². The summed E-state index contributed by atoms with van der Waals surface area (Å²) < 4.78 is 0. The van der Waals surface area contributed by atoms with Gasteiger partial charge in [-0.15, -0.1) is 0 Å². The first-order valence-electron chi connectivity index (χ1n) is 7.62. The lowest BCUT2D eigenvalue weighted by molar-refractivity contribution is -0.122. The van der Waals surface area contributed by atoms with Crippen molar-refractivity contribution < 1.29 is 9.90 Å². The number of hydrogen-bond donors (Lipinski definition) is 3. The van der Waals surface area contributed by atoms with Crippen molar-refractivity contribution in [2.45, 2.75) is 25.8 Å². The maximum Gasteiger partial charge on any atom is 0.237 e. The number of benzene rings is 1. The van der Waals surface area contributed by atoms with E-state index in [1.807, 2.05) is 0 Å². The number of nitrogens with one attached hydrogen (secondary N) is 1. The average molecular weight is 291 g/mol. The van der Waals surface area contributed by atoms with Gasteiger partial charge in [-0.05, 0) is 49.5 Å². The van der Waals surface area contributed by atoms with Gasteiger partial charge in [-0.1, -0.05) is 19.1 Å². The molecule has 0 saturated carbocycles. The van der Waals surface area contributed by atoms with E-state index >= 15 is 0 Å². The number of hydrogen-bond acceptors (Lipinski definition) is 4. The molecule has 2 atom stereocenters. The van der Waals surface area contributed by atoms with Crippen LogP contribution in [0.1, 0.15) is 18.9 Å². The number of nitrogens with two attached hydrogens (primary N) is 1. The summed E-state index contributed by atoms with van der Waals surface area (Å²) in [5, 5.41) is 12.2. The fraction of sp³-hybridized carbons (Fsp3) is 0.562. The summed E-state index contributed by atoms with van der Waals surface area (Å²) in [5.74, 6) is 0.659. The van der Waals surface area contributed by atoms with Crippen LogP contribution in [0.15, 0.2) is 24.3 Å². The number of carbonyl (C=O) groups excluding carboxylic acids is 1. The standard InChI is InChI=1S/C16H25N3O2/c1-2-19-8-7-13(11-19)10-18-16(21)15(17)9-12-3-5-14(20)6-4-12/h3-6,13,15,20H,2,7-11,17H2,1H3,(H,18,21). The summed E-state index contributed by atoms with van der Waals surface area (Å²) >= 11 is 0. The summed E-state index contributed by atoms with van der Waals surface area (Å²) in [4.78, 5) is 14.4. The van der Waals surface area contributed by atoms with E-state index in [4.69, 9.17) is 5.73 Å². The van der Waals surface area contributed by atoms with E-state index < -0.39 is 6.04 Å². The van der Waals surface area contributed by atoms with Crippen LogP contribution in [-0.4, -0.2) is 48.1 Å². The zero-order chi connectivity index (χ0) is 15.2. The van der Waals surface area contributed by atoms with Gasteiger partial charge in [0, 0.05) is 13.1 Å². The monoisotopic (exact) mass is 291 g/mol. The van der Waals surface area contributed by atoms with E-state index in [1.165, 1.54) is 0 Å². The molecule has 1 amide bonds. The van der Waals surface area contributed by atoms with Crippen molar-refractivity contribution in [2.75, 3.05) is 26.2 Å². The van der Waals surface area contributed by atoms with Crippen LogP contribution < -0.4 is 11.1 Å². The predicted molar refractivity (Wildman–Crippen MR) is 83.0 cm³/mol. The molecule has 0 spiro atoms. The second kappa shape index (κ2) is 7.43. The van der Waals surface area contributed by atoms with Gasteiger partial charge < -0.3 is 21.1 Å². The molecule has 116 valence electrons. The number of likely N-dealkylation sites (tertiary alicyclic amines) is 1. The summed E-state index contributed by atoms with van der Waals surface area (Å²) in [5.41, 5.74) is 6.89. The molecule has 0 bridgehead atoms. The fourth-order valence-corrected chi connectivity index (χ4v) is 2.72. The molecule has 1 fully saturated rings. The molecule has 5 heteroatoms. The van der Waals surface area contributed by atoms with Gasteiger partial charge in [0.25, 0.3) is 0 Å². The lowest BCUT2D eigenvalue weighted by atomic mass is 10.1. The lowest BCUT2D eigenvalue weighted by Crippen LogP contribution is -2.43. The zero-order valence-corrected chi connectivity index (χ0v) is 12.6. The lowest BCUT2D eigenvalue weighted by Gasteiger charge is -2.16. The molecule has 0 aliphatic carbocycles. The second-order valence-corrected chi connectivity index (χ2v) is 5.77. The summed E-state index contributed by atoms with van der Waals surface area (Å²) in [6.07, 6.45) is 1.62. The Balaban J connectivity index is 1.74. The first kappa shape index (κ1) is 15.8. The van der Waals surface area contributed by atoms with Gasteiger partial charge in [0.05, 0.1) is 6.04 Å². The maximum absolute atomic E-state index is 12.0. The van der Waals surface area contributed by atoms with Gasteiger partial charge in [0.1, 0.15) is 5.75 Å². The summed E-state index contributed by atoms with van der Waals surface area (Å²) in [6.45, 7) is 6.12. The number of amides is 1. The molecular formula is C16H25N3O2. The van der Waals surface area contributed by atoms with E-state index in [9.17, 15) is 9.90 Å². The molecule has 1 heterocycles. The van der Waals surface area contributed by atoms with Gasteiger partial charge in [-0.3, -0.25) is 4.79 Å². The number of aromatic hydroxyl groups is 1. The van der Waals surface area contributed by atoms with E-state index in [0.29, 0.717) is 18.9 Å². The van der Waals surface area contributed by atoms with E-state index in [1.54, 1.807) is 24.3 Å². The quantitative estimate of drug-likeness (QED) is 0.721. The van der Waals surface area contributed by atoms with Crippen molar-refractivity contribution in [3.05, 3.63) is 29.8 Å². The molecule has 1 aliphatic heterocycles.